The number of likely N-dealkylation sites (tertiary alicyclic amines) is 1. The molecule has 1 aliphatic rings. The molecule has 1 N–H and O–H groups in total. The van der Waals surface area contributed by atoms with Crippen LogP contribution < -0.4 is 0 Å². The van der Waals surface area contributed by atoms with Gasteiger partial charge < -0.3 is 9.63 Å². The smallest absolute Gasteiger partial charge is 0.241 e. The molecule has 2 heterocycles. The molecule has 1 atom stereocenters. The van der Waals surface area contributed by atoms with Crippen molar-refractivity contribution in [1.29, 1.82) is 0 Å². The SMILES string of the molecule is CCc1ccc(-c2noc(CN3CCC(C(C)O)CC3)n2)cc1. The van der Waals surface area contributed by atoms with Crippen LogP contribution >= 0.6 is 0 Å². The molecular weight excluding hydrogens is 290 g/mol. The van der Waals surface area contributed by atoms with Gasteiger partial charge in [0.1, 0.15) is 0 Å². The zero-order valence-corrected chi connectivity index (χ0v) is 13.9. The third-order valence-electron chi connectivity index (χ3n) is 4.76. The number of nitrogens with zero attached hydrogens (tertiary/aromatic N) is 3. The van der Waals surface area contributed by atoms with Crippen LogP contribution in [0.25, 0.3) is 11.4 Å². The summed E-state index contributed by atoms with van der Waals surface area (Å²) in [4.78, 5) is 6.83. The summed E-state index contributed by atoms with van der Waals surface area (Å²) in [5, 5.41) is 13.8. The van der Waals surface area contributed by atoms with E-state index in [1.54, 1.807) is 0 Å². The Kier molecular flexibility index (Phi) is 5.08. The van der Waals surface area contributed by atoms with Gasteiger partial charge in [-0.25, -0.2) is 0 Å². The molecule has 2 aromatic rings. The molecule has 1 aromatic heterocycles. The first kappa shape index (κ1) is 16.1. The lowest BCUT2D eigenvalue weighted by atomic mass is 9.92. The average molecular weight is 315 g/mol. The summed E-state index contributed by atoms with van der Waals surface area (Å²) >= 11 is 0. The first-order valence-electron chi connectivity index (χ1n) is 8.48. The molecule has 5 nitrogen and oxygen atoms in total. The predicted octanol–water partition coefficient (Wildman–Crippen LogP) is 2.89. The summed E-state index contributed by atoms with van der Waals surface area (Å²) < 4.78 is 5.40. The number of hydrogen-bond donors (Lipinski definition) is 1. The zero-order valence-electron chi connectivity index (χ0n) is 13.9. The Balaban J connectivity index is 1.59. The Bertz CT molecular complexity index is 613. The van der Waals surface area contributed by atoms with Gasteiger partial charge in [0.25, 0.3) is 0 Å². The summed E-state index contributed by atoms with van der Waals surface area (Å²) in [6, 6.07) is 8.29. The second kappa shape index (κ2) is 7.23. The van der Waals surface area contributed by atoms with Gasteiger partial charge in [0.15, 0.2) is 0 Å². The molecule has 0 amide bonds. The summed E-state index contributed by atoms with van der Waals surface area (Å²) in [7, 11) is 0. The van der Waals surface area contributed by atoms with Crippen molar-refractivity contribution in [2.75, 3.05) is 13.1 Å². The van der Waals surface area contributed by atoms with Gasteiger partial charge in [-0.1, -0.05) is 36.3 Å². The lowest BCUT2D eigenvalue weighted by Crippen LogP contribution is -2.36. The van der Waals surface area contributed by atoms with E-state index in [4.69, 9.17) is 4.52 Å². The minimum atomic E-state index is -0.210. The van der Waals surface area contributed by atoms with Crippen LogP contribution in [0.2, 0.25) is 0 Å². The number of aromatic nitrogens is 2. The molecule has 1 aliphatic heterocycles. The second-order valence-corrected chi connectivity index (χ2v) is 6.42. The fraction of sp³-hybridized carbons (Fsp3) is 0.556. The summed E-state index contributed by atoms with van der Waals surface area (Å²) in [6.45, 7) is 6.65. The largest absolute Gasteiger partial charge is 0.393 e. The lowest BCUT2D eigenvalue weighted by molar-refractivity contribution is 0.0660. The van der Waals surface area contributed by atoms with Crippen molar-refractivity contribution >= 4 is 0 Å². The Morgan fingerprint density at radius 3 is 2.57 bits per heavy atom. The summed E-state index contributed by atoms with van der Waals surface area (Å²) in [6.07, 6.45) is 2.87. The van der Waals surface area contributed by atoms with Crippen molar-refractivity contribution < 1.29 is 9.63 Å². The van der Waals surface area contributed by atoms with Crippen LogP contribution in [0.1, 0.15) is 38.1 Å². The molecule has 0 aliphatic carbocycles. The monoisotopic (exact) mass is 315 g/mol. The van der Waals surface area contributed by atoms with E-state index in [0.717, 1.165) is 37.9 Å². The van der Waals surface area contributed by atoms with E-state index in [9.17, 15) is 5.11 Å². The minimum Gasteiger partial charge on any atom is -0.393 e. The van der Waals surface area contributed by atoms with Crippen molar-refractivity contribution in [2.45, 2.75) is 45.8 Å². The molecule has 0 radical (unpaired) electrons. The maximum absolute atomic E-state index is 9.66. The number of aliphatic hydroxyl groups is 1. The highest BCUT2D eigenvalue weighted by Gasteiger charge is 2.23. The molecule has 124 valence electrons. The second-order valence-electron chi connectivity index (χ2n) is 6.42. The predicted molar refractivity (Wildman–Crippen MR) is 88.8 cm³/mol. The van der Waals surface area contributed by atoms with Crippen LogP contribution in [-0.2, 0) is 13.0 Å². The van der Waals surface area contributed by atoms with Crippen molar-refractivity contribution in [1.82, 2.24) is 15.0 Å². The Hall–Kier alpha value is -1.72. The van der Waals surface area contributed by atoms with Gasteiger partial charge in [-0.05, 0) is 50.8 Å². The molecule has 1 aromatic carbocycles. The number of aliphatic hydroxyl groups excluding tert-OH is 1. The Morgan fingerprint density at radius 2 is 1.96 bits per heavy atom. The van der Waals surface area contributed by atoms with E-state index in [1.165, 1.54) is 5.56 Å². The van der Waals surface area contributed by atoms with Gasteiger partial charge in [0.05, 0.1) is 12.6 Å². The van der Waals surface area contributed by atoms with Crippen LogP contribution in [-0.4, -0.2) is 39.3 Å². The van der Waals surface area contributed by atoms with E-state index in [0.29, 0.717) is 24.2 Å². The lowest BCUT2D eigenvalue weighted by Gasteiger charge is -2.32. The van der Waals surface area contributed by atoms with Crippen molar-refractivity contribution in [3.8, 4) is 11.4 Å². The minimum absolute atomic E-state index is 0.210. The molecule has 0 bridgehead atoms. The highest BCUT2D eigenvalue weighted by atomic mass is 16.5. The fourth-order valence-corrected chi connectivity index (χ4v) is 3.11. The number of rotatable bonds is 5. The van der Waals surface area contributed by atoms with Crippen LogP contribution in [0.3, 0.4) is 0 Å². The average Bonchev–Trinajstić information content (AvgIpc) is 3.04. The van der Waals surface area contributed by atoms with Crippen LogP contribution in [0, 0.1) is 5.92 Å². The van der Waals surface area contributed by atoms with Gasteiger partial charge in [-0.15, -0.1) is 0 Å². The molecule has 23 heavy (non-hydrogen) atoms. The molecule has 5 heteroatoms. The van der Waals surface area contributed by atoms with Crippen molar-refractivity contribution in [3.63, 3.8) is 0 Å². The number of benzene rings is 1. The van der Waals surface area contributed by atoms with Crippen molar-refractivity contribution in [2.24, 2.45) is 5.92 Å². The third-order valence-corrected chi connectivity index (χ3v) is 4.76. The number of aryl methyl sites for hydroxylation is 1. The van der Waals surface area contributed by atoms with E-state index in [-0.39, 0.29) is 6.10 Å². The maximum atomic E-state index is 9.66. The van der Waals surface area contributed by atoms with Crippen molar-refractivity contribution in [3.05, 3.63) is 35.7 Å². The quantitative estimate of drug-likeness (QED) is 0.919. The normalized spacial score (nSPS) is 18.2. The van der Waals surface area contributed by atoms with Crippen LogP contribution in [0.15, 0.2) is 28.8 Å². The van der Waals surface area contributed by atoms with Gasteiger partial charge in [-0.2, -0.15) is 4.98 Å². The fourth-order valence-electron chi connectivity index (χ4n) is 3.11. The van der Waals surface area contributed by atoms with E-state index in [2.05, 4.69) is 34.1 Å². The third kappa shape index (κ3) is 3.98. The Labute approximate surface area is 137 Å². The first-order chi connectivity index (χ1) is 11.2. The van der Waals surface area contributed by atoms with Crippen LogP contribution in [0.5, 0.6) is 0 Å². The van der Waals surface area contributed by atoms with Gasteiger partial charge in [-0.3, -0.25) is 4.90 Å². The summed E-state index contributed by atoms with van der Waals surface area (Å²) in [5.74, 6) is 1.73. The molecule has 0 spiro atoms. The topological polar surface area (TPSA) is 62.4 Å². The number of piperidine rings is 1. The standard InChI is InChI=1S/C18H25N3O2/c1-3-14-4-6-16(7-5-14)18-19-17(23-20-18)12-21-10-8-15(9-11-21)13(2)22/h4-7,13,15,22H,3,8-12H2,1-2H3. The molecular formula is C18H25N3O2. The zero-order chi connectivity index (χ0) is 16.2. The van der Waals surface area contributed by atoms with E-state index >= 15 is 0 Å². The van der Waals surface area contributed by atoms with E-state index in [1.807, 2.05) is 19.1 Å². The molecule has 0 saturated carbocycles. The molecule has 1 fully saturated rings. The van der Waals surface area contributed by atoms with Crippen LogP contribution in [0.4, 0.5) is 0 Å². The van der Waals surface area contributed by atoms with Gasteiger partial charge in [0, 0.05) is 5.56 Å². The number of hydrogen-bond acceptors (Lipinski definition) is 5. The maximum Gasteiger partial charge on any atom is 0.241 e. The highest BCUT2D eigenvalue weighted by Crippen LogP contribution is 2.22. The van der Waals surface area contributed by atoms with Gasteiger partial charge in [0.2, 0.25) is 11.7 Å². The van der Waals surface area contributed by atoms with Gasteiger partial charge >= 0.3 is 0 Å². The molecule has 3 rings (SSSR count). The van der Waals surface area contributed by atoms with E-state index < -0.39 is 0 Å². The molecule has 1 unspecified atom stereocenters. The highest BCUT2D eigenvalue weighted by molar-refractivity contribution is 5.54. The Morgan fingerprint density at radius 1 is 1.26 bits per heavy atom. The first-order valence-corrected chi connectivity index (χ1v) is 8.48. The molecule has 1 saturated heterocycles. The summed E-state index contributed by atoms with van der Waals surface area (Å²) in [5.41, 5.74) is 2.29.